The maximum atomic E-state index is 11.1. The molecule has 0 bridgehead atoms. The first kappa shape index (κ1) is 12.9. The van der Waals surface area contributed by atoms with E-state index in [9.17, 15) is 4.79 Å². The van der Waals surface area contributed by atoms with Gasteiger partial charge < -0.3 is 10.1 Å². The van der Waals surface area contributed by atoms with Gasteiger partial charge in [-0.1, -0.05) is 15.9 Å². The Morgan fingerprint density at radius 3 is 2.85 bits per heavy atom. The van der Waals surface area contributed by atoms with Gasteiger partial charge in [-0.25, -0.2) is 0 Å². The van der Waals surface area contributed by atoms with Crippen LogP contribution in [0.4, 0.5) is 0 Å². The van der Waals surface area contributed by atoms with E-state index >= 15 is 0 Å². The highest BCUT2D eigenvalue weighted by atomic mass is 79.9. The molecule has 0 aromatic rings. The quantitative estimate of drug-likeness (QED) is 0.700. The Morgan fingerprint density at radius 1 is 1.62 bits per heavy atom. The first-order valence-electron chi connectivity index (χ1n) is 4.63. The molecule has 4 heteroatoms. The van der Waals surface area contributed by atoms with Gasteiger partial charge in [0.25, 0.3) is 0 Å². The molecule has 0 aromatic heterocycles. The summed E-state index contributed by atoms with van der Waals surface area (Å²) < 4.78 is 4.98. The summed E-state index contributed by atoms with van der Waals surface area (Å²) in [5.41, 5.74) is 0. The Bertz CT molecular complexity index is 142. The number of hydrogen-bond donors (Lipinski definition) is 1. The molecule has 0 spiro atoms. The summed E-state index contributed by atoms with van der Waals surface area (Å²) >= 11 is 3.35. The predicted octanol–water partition coefficient (Wildman–Crippen LogP) is 1.70. The smallest absolute Gasteiger partial charge is 0.246 e. The summed E-state index contributed by atoms with van der Waals surface area (Å²) in [6.45, 7) is 4.65. The summed E-state index contributed by atoms with van der Waals surface area (Å²) in [6.07, 6.45) is 2.08. The lowest BCUT2D eigenvalue weighted by molar-refractivity contribution is -0.126. The van der Waals surface area contributed by atoms with E-state index in [4.69, 9.17) is 4.74 Å². The number of hydrogen-bond acceptors (Lipinski definition) is 2. The van der Waals surface area contributed by atoms with Crippen molar-refractivity contribution in [2.75, 3.05) is 18.5 Å². The average molecular weight is 252 g/mol. The number of alkyl halides is 1. The van der Waals surface area contributed by atoms with Crippen molar-refractivity contribution in [1.29, 1.82) is 0 Å². The van der Waals surface area contributed by atoms with Crippen molar-refractivity contribution in [1.82, 2.24) is 5.32 Å². The van der Waals surface area contributed by atoms with Gasteiger partial charge in [0.05, 0.1) is 0 Å². The average Bonchev–Trinajstić information content (AvgIpc) is 2.11. The van der Waals surface area contributed by atoms with Gasteiger partial charge in [-0.15, -0.1) is 0 Å². The highest BCUT2D eigenvalue weighted by molar-refractivity contribution is 9.09. The number of carbonyl (C=O) groups is 1. The van der Waals surface area contributed by atoms with Crippen molar-refractivity contribution in [3.63, 3.8) is 0 Å². The largest absolute Gasteiger partial charge is 0.372 e. The number of rotatable bonds is 7. The molecule has 3 nitrogen and oxygen atoms in total. The third kappa shape index (κ3) is 8.25. The SMILES string of the molecule is CCOCC(=O)NC(C)CCCBr. The second-order valence-corrected chi connectivity index (χ2v) is 3.73. The molecule has 0 aliphatic carbocycles. The minimum Gasteiger partial charge on any atom is -0.372 e. The molecule has 78 valence electrons. The van der Waals surface area contributed by atoms with E-state index in [0.29, 0.717) is 6.61 Å². The van der Waals surface area contributed by atoms with Crippen LogP contribution in [0, 0.1) is 0 Å². The van der Waals surface area contributed by atoms with Crippen molar-refractivity contribution in [2.24, 2.45) is 0 Å². The van der Waals surface area contributed by atoms with Gasteiger partial charge in [-0.3, -0.25) is 4.79 Å². The van der Waals surface area contributed by atoms with E-state index < -0.39 is 0 Å². The van der Waals surface area contributed by atoms with Crippen LogP contribution in [0.1, 0.15) is 26.7 Å². The fourth-order valence-electron chi connectivity index (χ4n) is 0.967. The number of amides is 1. The Balaban J connectivity index is 3.41. The van der Waals surface area contributed by atoms with Crippen molar-refractivity contribution in [3.8, 4) is 0 Å². The lowest BCUT2D eigenvalue weighted by Gasteiger charge is -2.12. The van der Waals surface area contributed by atoms with Crippen LogP contribution in [0.2, 0.25) is 0 Å². The minimum absolute atomic E-state index is 0.0241. The van der Waals surface area contributed by atoms with Gasteiger partial charge in [0.2, 0.25) is 5.91 Å². The van der Waals surface area contributed by atoms with Gasteiger partial charge in [0.15, 0.2) is 0 Å². The van der Waals surface area contributed by atoms with Gasteiger partial charge in [0, 0.05) is 18.0 Å². The molecule has 0 aliphatic heterocycles. The molecular weight excluding hydrogens is 234 g/mol. The zero-order valence-electron chi connectivity index (χ0n) is 8.31. The van der Waals surface area contributed by atoms with Crippen LogP contribution in [-0.4, -0.2) is 30.5 Å². The van der Waals surface area contributed by atoms with Crippen molar-refractivity contribution < 1.29 is 9.53 Å². The van der Waals surface area contributed by atoms with Crippen molar-refractivity contribution in [3.05, 3.63) is 0 Å². The van der Waals surface area contributed by atoms with Gasteiger partial charge in [0.1, 0.15) is 6.61 Å². The maximum absolute atomic E-state index is 11.1. The molecule has 0 radical (unpaired) electrons. The Hall–Kier alpha value is -0.0900. The number of ether oxygens (including phenoxy) is 1. The molecule has 0 saturated carbocycles. The number of nitrogens with one attached hydrogen (secondary N) is 1. The highest BCUT2D eigenvalue weighted by Gasteiger charge is 2.05. The number of carbonyl (C=O) groups excluding carboxylic acids is 1. The molecular formula is C9H18BrNO2. The molecule has 0 fully saturated rings. The Morgan fingerprint density at radius 2 is 2.31 bits per heavy atom. The van der Waals surface area contributed by atoms with Crippen LogP contribution in [-0.2, 0) is 9.53 Å². The molecule has 1 unspecified atom stereocenters. The zero-order valence-corrected chi connectivity index (χ0v) is 9.89. The molecule has 0 rings (SSSR count). The van der Waals surface area contributed by atoms with Crippen LogP contribution in [0.5, 0.6) is 0 Å². The topological polar surface area (TPSA) is 38.3 Å². The van der Waals surface area contributed by atoms with E-state index in [1.54, 1.807) is 0 Å². The maximum Gasteiger partial charge on any atom is 0.246 e. The lowest BCUT2D eigenvalue weighted by atomic mass is 10.2. The van der Waals surface area contributed by atoms with Crippen LogP contribution in [0.25, 0.3) is 0 Å². The second kappa shape index (κ2) is 8.51. The molecule has 13 heavy (non-hydrogen) atoms. The van der Waals surface area contributed by atoms with Crippen molar-refractivity contribution >= 4 is 21.8 Å². The van der Waals surface area contributed by atoms with Crippen LogP contribution in [0.15, 0.2) is 0 Å². The first-order chi connectivity index (χ1) is 6.20. The Labute approximate surface area is 88.4 Å². The van der Waals surface area contributed by atoms with E-state index in [2.05, 4.69) is 21.2 Å². The fourth-order valence-corrected chi connectivity index (χ4v) is 1.29. The van der Waals surface area contributed by atoms with Crippen LogP contribution in [0.3, 0.4) is 0 Å². The summed E-state index contributed by atoms with van der Waals surface area (Å²) in [5, 5.41) is 3.85. The standard InChI is InChI=1S/C9H18BrNO2/c1-3-13-7-9(12)11-8(2)5-4-6-10/h8H,3-7H2,1-2H3,(H,11,12). The number of halogens is 1. The molecule has 0 aromatic carbocycles. The van der Waals surface area contributed by atoms with E-state index in [-0.39, 0.29) is 18.6 Å². The van der Waals surface area contributed by atoms with E-state index in [0.717, 1.165) is 18.2 Å². The fraction of sp³-hybridized carbons (Fsp3) is 0.889. The summed E-state index contributed by atoms with van der Waals surface area (Å²) in [6, 6.07) is 0.241. The first-order valence-corrected chi connectivity index (χ1v) is 5.76. The monoisotopic (exact) mass is 251 g/mol. The summed E-state index contributed by atoms with van der Waals surface area (Å²) in [4.78, 5) is 11.1. The molecule has 0 heterocycles. The lowest BCUT2D eigenvalue weighted by Crippen LogP contribution is -2.35. The second-order valence-electron chi connectivity index (χ2n) is 2.94. The Kier molecular flexibility index (Phi) is 8.45. The van der Waals surface area contributed by atoms with E-state index in [1.165, 1.54) is 0 Å². The van der Waals surface area contributed by atoms with E-state index in [1.807, 2.05) is 13.8 Å². The zero-order chi connectivity index (χ0) is 10.1. The minimum atomic E-state index is -0.0241. The highest BCUT2D eigenvalue weighted by Crippen LogP contribution is 1.98. The molecule has 1 N–H and O–H groups in total. The van der Waals surface area contributed by atoms with Gasteiger partial charge in [-0.2, -0.15) is 0 Å². The summed E-state index contributed by atoms with van der Waals surface area (Å²) in [5.74, 6) is -0.0241. The third-order valence-electron chi connectivity index (χ3n) is 1.62. The normalized spacial score (nSPS) is 12.5. The van der Waals surface area contributed by atoms with Crippen LogP contribution < -0.4 is 5.32 Å². The third-order valence-corrected chi connectivity index (χ3v) is 2.18. The van der Waals surface area contributed by atoms with Crippen molar-refractivity contribution in [2.45, 2.75) is 32.7 Å². The molecule has 1 amide bonds. The molecule has 1 atom stereocenters. The molecule has 0 saturated heterocycles. The van der Waals surface area contributed by atoms with Gasteiger partial charge >= 0.3 is 0 Å². The van der Waals surface area contributed by atoms with Crippen LogP contribution >= 0.6 is 15.9 Å². The van der Waals surface area contributed by atoms with Gasteiger partial charge in [-0.05, 0) is 26.7 Å². The molecule has 0 aliphatic rings. The summed E-state index contributed by atoms with van der Waals surface area (Å²) in [7, 11) is 0. The predicted molar refractivity (Wildman–Crippen MR) is 57.1 cm³/mol.